The van der Waals surface area contributed by atoms with Gasteiger partial charge in [-0.1, -0.05) is 13.8 Å². The van der Waals surface area contributed by atoms with Crippen molar-refractivity contribution in [1.82, 2.24) is 9.96 Å². The van der Waals surface area contributed by atoms with Crippen molar-refractivity contribution in [2.75, 3.05) is 52.5 Å². The van der Waals surface area contributed by atoms with Crippen molar-refractivity contribution in [1.29, 1.82) is 0 Å². The maximum Gasteiger partial charge on any atom is 0.308 e. The molecule has 1 N–H and O–H groups in total. The highest BCUT2D eigenvalue weighted by Gasteiger charge is 2.48. The quantitative estimate of drug-likeness (QED) is 0.376. The molecule has 2 saturated heterocycles. The summed E-state index contributed by atoms with van der Waals surface area (Å²) in [6, 6.07) is 3.35. The summed E-state index contributed by atoms with van der Waals surface area (Å²) < 4.78 is 22.4. The SMILES string of the molecule is CCCON(CCC)C(=O)CN1C[C@H](c2cc(OC)c3c(c2)OCO3)[C@@H](C(=O)O)[C@@H]1CCC1OCCS1. The minimum Gasteiger partial charge on any atom is -0.493 e. The molecule has 3 heterocycles. The van der Waals surface area contributed by atoms with E-state index in [2.05, 4.69) is 0 Å². The van der Waals surface area contributed by atoms with Crippen LogP contribution in [0.5, 0.6) is 17.2 Å². The number of rotatable bonds is 13. The molecule has 37 heavy (non-hydrogen) atoms. The van der Waals surface area contributed by atoms with E-state index in [0.29, 0.717) is 50.0 Å². The predicted molar refractivity (Wildman–Crippen MR) is 138 cm³/mol. The van der Waals surface area contributed by atoms with E-state index >= 15 is 0 Å². The maximum atomic E-state index is 13.3. The zero-order valence-electron chi connectivity index (χ0n) is 21.8. The number of carboxylic acids is 1. The number of methoxy groups -OCH3 is 1. The van der Waals surface area contributed by atoms with Crippen LogP contribution in [0.3, 0.4) is 0 Å². The number of carboxylic acid groups (broad SMARTS) is 1. The highest BCUT2D eigenvalue weighted by atomic mass is 32.2. The van der Waals surface area contributed by atoms with Gasteiger partial charge in [0.05, 0.1) is 32.8 Å². The molecule has 0 aromatic heterocycles. The number of hydrogen-bond acceptors (Lipinski definition) is 9. The van der Waals surface area contributed by atoms with Gasteiger partial charge >= 0.3 is 5.97 Å². The van der Waals surface area contributed by atoms with E-state index in [1.165, 1.54) is 5.06 Å². The van der Waals surface area contributed by atoms with Crippen molar-refractivity contribution < 1.29 is 38.5 Å². The molecule has 11 heteroatoms. The molecule has 0 spiro atoms. The minimum absolute atomic E-state index is 0.0566. The van der Waals surface area contributed by atoms with Gasteiger partial charge in [0.15, 0.2) is 11.5 Å². The van der Waals surface area contributed by atoms with E-state index < -0.39 is 11.9 Å². The lowest BCUT2D eigenvalue weighted by atomic mass is 9.83. The number of carbonyl (C=O) groups is 2. The number of carbonyl (C=O) groups excluding carboxylic acids is 1. The monoisotopic (exact) mass is 538 g/mol. The Hall–Kier alpha value is -2.21. The van der Waals surface area contributed by atoms with Crippen molar-refractivity contribution in [3.8, 4) is 17.2 Å². The smallest absolute Gasteiger partial charge is 0.308 e. The average molecular weight is 539 g/mol. The topological polar surface area (TPSA) is 107 Å². The molecule has 3 aliphatic heterocycles. The maximum absolute atomic E-state index is 13.3. The first-order valence-corrected chi connectivity index (χ1v) is 14.1. The van der Waals surface area contributed by atoms with Gasteiger partial charge in [-0.15, -0.1) is 11.8 Å². The molecule has 3 aliphatic rings. The molecule has 206 valence electrons. The summed E-state index contributed by atoms with van der Waals surface area (Å²) in [5, 5.41) is 11.9. The Bertz CT molecular complexity index is 941. The Balaban J connectivity index is 1.61. The number of aliphatic carboxylic acids is 1. The lowest BCUT2D eigenvalue weighted by Gasteiger charge is -2.29. The van der Waals surface area contributed by atoms with E-state index in [0.717, 1.165) is 30.6 Å². The number of hydrogen-bond donors (Lipinski definition) is 1. The summed E-state index contributed by atoms with van der Waals surface area (Å²) in [5.41, 5.74) is 0.855. The summed E-state index contributed by atoms with van der Waals surface area (Å²) in [7, 11) is 1.55. The number of likely N-dealkylation sites (tertiary alicyclic amines) is 1. The molecule has 1 amide bonds. The fourth-order valence-electron chi connectivity index (χ4n) is 5.35. The minimum atomic E-state index is -0.880. The number of nitrogens with zero attached hydrogens (tertiary/aromatic N) is 2. The number of hydroxylamine groups is 2. The van der Waals surface area contributed by atoms with Crippen molar-refractivity contribution >= 4 is 23.6 Å². The second-order valence-electron chi connectivity index (χ2n) is 9.50. The van der Waals surface area contributed by atoms with E-state index in [1.807, 2.05) is 30.9 Å². The van der Waals surface area contributed by atoms with Crippen LogP contribution in [0.2, 0.25) is 0 Å². The van der Waals surface area contributed by atoms with Crippen LogP contribution in [0.15, 0.2) is 12.1 Å². The zero-order chi connectivity index (χ0) is 26.4. The number of ether oxygens (including phenoxy) is 4. The zero-order valence-corrected chi connectivity index (χ0v) is 22.7. The van der Waals surface area contributed by atoms with Gasteiger partial charge in [0, 0.05) is 30.8 Å². The van der Waals surface area contributed by atoms with Gasteiger partial charge in [-0.3, -0.25) is 19.3 Å². The van der Waals surface area contributed by atoms with Crippen LogP contribution in [-0.4, -0.2) is 90.9 Å². The van der Waals surface area contributed by atoms with Crippen LogP contribution in [0.25, 0.3) is 0 Å². The van der Waals surface area contributed by atoms with Gasteiger partial charge in [0.2, 0.25) is 12.5 Å². The molecule has 0 saturated carbocycles. The van der Waals surface area contributed by atoms with Crippen LogP contribution in [0.4, 0.5) is 0 Å². The molecular weight excluding hydrogens is 500 g/mol. The van der Waals surface area contributed by atoms with Gasteiger partial charge < -0.3 is 24.1 Å². The van der Waals surface area contributed by atoms with E-state index in [9.17, 15) is 14.7 Å². The molecule has 4 rings (SSSR count). The van der Waals surface area contributed by atoms with E-state index in [4.69, 9.17) is 23.8 Å². The number of benzene rings is 1. The Kier molecular flexibility index (Phi) is 9.80. The van der Waals surface area contributed by atoms with E-state index in [1.54, 1.807) is 18.9 Å². The average Bonchev–Trinajstić information content (AvgIpc) is 3.64. The second-order valence-corrected chi connectivity index (χ2v) is 10.8. The van der Waals surface area contributed by atoms with Crippen LogP contribution in [-0.2, 0) is 19.2 Å². The lowest BCUT2D eigenvalue weighted by Crippen LogP contribution is -2.44. The highest BCUT2D eigenvalue weighted by molar-refractivity contribution is 7.99. The summed E-state index contributed by atoms with van der Waals surface area (Å²) in [5.74, 6) is 0.431. The molecule has 0 bridgehead atoms. The Morgan fingerprint density at radius 2 is 2.05 bits per heavy atom. The van der Waals surface area contributed by atoms with Gasteiger partial charge in [-0.05, 0) is 43.4 Å². The number of thioether (sulfide) groups is 1. The summed E-state index contributed by atoms with van der Waals surface area (Å²) >= 11 is 1.76. The molecule has 0 radical (unpaired) electrons. The second kappa shape index (κ2) is 13.0. The van der Waals surface area contributed by atoms with Crippen LogP contribution in [0.1, 0.15) is 51.0 Å². The predicted octanol–water partition coefficient (Wildman–Crippen LogP) is 3.34. The normalized spacial score (nSPS) is 24.9. The molecule has 4 atom stereocenters. The standard InChI is InChI=1S/C26H38N2O8S/c1-4-8-28(36-9-5-2)22(29)15-27-14-18(17-12-20(32-3)25-21(13-17)34-16-35-25)24(26(30)31)19(27)6-7-23-33-10-11-37-23/h12-13,18-19,23-24H,4-11,14-16H2,1-3H3,(H,30,31)/t18-,19+,23?,24-/m1/s1. The van der Waals surface area contributed by atoms with Crippen LogP contribution in [0, 0.1) is 5.92 Å². The Labute approximate surface area is 222 Å². The number of fused-ring (bicyclic) bond motifs is 1. The fraction of sp³-hybridized carbons (Fsp3) is 0.692. The fourth-order valence-corrected chi connectivity index (χ4v) is 6.30. The molecular formula is C26H38N2O8S. The summed E-state index contributed by atoms with van der Waals surface area (Å²) in [6.45, 7) is 6.27. The Morgan fingerprint density at radius 3 is 2.73 bits per heavy atom. The third-order valence-electron chi connectivity index (χ3n) is 7.03. The molecule has 2 fully saturated rings. The molecule has 1 unspecified atom stereocenters. The van der Waals surface area contributed by atoms with Gasteiger partial charge in [0.25, 0.3) is 5.91 Å². The summed E-state index contributed by atoms with van der Waals surface area (Å²) in [6.07, 6.45) is 2.91. The Morgan fingerprint density at radius 1 is 1.22 bits per heavy atom. The first-order valence-electron chi connectivity index (χ1n) is 13.1. The third-order valence-corrected chi connectivity index (χ3v) is 8.17. The molecule has 0 aliphatic carbocycles. The van der Waals surface area contributed by atoms with Gasteiger partial charge in [-0.2, -0.15) is 0 Å². The van der Waals surface area contributed by atoms with Crippen molar-refractivity contribution in [3.05, 3.63) is 17.7 Å². The third kappa shape index (κ3) is 6.45. The first-order chi connectivity index (χ1) is 18.0. The summed E-state index contributed by atoms with van der Waals surface area (Å²) in [4.78, 5) is 33.8. The molecule has 1 aromatic carbocycles. The molecule has 10 nitrogen and oxygen atoms in total. The number of amides is 1. The largest absolute Gasteiger partial charge is 0.493 e. The van der Waals surface area contributed by atoms with Crippen molar-refractivity contribution in [3.63, 3.8) is 0 Å². The molecule has 1 aromatic rings. The van der Waals surface area contributed by atoms with Gasteiger partial charge in [0.1, 0.15) is 5.44 Å². The van der Waals surface area contributed by atoms with Crippen LogP contribution >= 0.6 is 11.8 Å². The van der Waals surface area contributed by atoms with Crippen LogP contribution < -0.4 is 14.2 Å². The van der Waals surface area contributed by atoms with E-state index in [-0.39, 0.29) is 36.6 Å². The van der Waals surface area contributed by atoms with Gasteiger partial charge in [-0.25, -0.2) is 5.06 Å². The first kappa shape index (κ1) is 27.8. The highest BCUT2D eigenvalue weighted by Crippen LogP contribution is 2.47. The van der Waals surface area contributed by atoms with Crippen molar-refractivity contribution in [2.24, 2.45) is 5.92 Å². The lowest BCUT2D eigenvalue weighted by molar-refractivity contribution is -0.188. The van der Waals surface area contributed by atoms with Crippen molar-refractivity contribution in [2.45, 2.75) is 56.9 Å².